The zero-order valence-electron chi connectivity index (χ0n) is 80.9. The summed E-state index contributed by atoms with van der Waals surface area (Å²) >= 11 is 0. The molecule has 8 saturated heterocycles. The van der Waals surface area contributed by atoms with Gasteiger partial charge in [-0.25, -0.2) is 0 Å². The van der Waals surface area contributed by atoms with Gasteiger partial charge in [-0.15, -0.1) is 0 Å². The third-order valence-electron chi connectivity index (χ3n) is 25.2. The normalized spacial score (nSPS) is 37.3. The molecule has 8 fully saturated rings. The second-order valence-corrected chi connectivity index (χ2v) is 36.6. The standard InChI is InChI=1S/C55H96N4O36.C33H58N2O14/c1-2-56-29(65)8-4-3-5-9-57-30(66)14-59(13-22(64)7-6-11-84-52-46(82)48(94-54-44(80)40(76)34(70)25(18-62)90-54)36(72)27(92-52)20-86-50-42(78)38(74)32(68)23(16-60)88-50)15-31(67)58-10-12-85-53-47(83)49(95-55-45(81)41(77)35(71)26(19-63)91-55)37(73)28(93-53)21-87-51-43(79)39(75)33(69)24(17-61)89-51;1-4-34-25(39)14-8-6-5-7-11-22(36)17-35(18-23(37)12-9-15-46-32-30(44)28(42)26(40)20(2)48-32)19-24(38)13-10-16-47-33-31(45)29(43)27(41)21(3)49-33/h23-28,32-55,60-63,68-83H,2-21H2,1H3,(H,56,65)(H,57,66)(H,58,67);20-21,26-33,40-45H,4-19H2,1-3H3,(H,34,39)/t23-,24-,25-,26-,27-,28-,32-,33-,34-,35-,36-,37-,38+,39+,40+,41+,42+,43+,44+,45+,46+,47+,48+,49+,50+,51+,52+,53+,54-,55-;20-,21-,26+,27+,28+,29+,30-,31-,32+,33+/m10/s1. The summed E-state index contributed by atoms with van der Waals surface area (Å²) in [6, 6.07) is 0. The Morgan fingerprint density at radius 3 is 0.840 bits per heavy atom. The SMILES string of the molecule is CCNC(=O)CCCCCCC(=O)CN(CC(=O)CCCO[C@@H]1O[C@@H](C)[C@@H](O)[C@@H](O)[C@@H]1O)CC(=O)CCCO[C@@H]1O[C@@H](C)[C@@H](O)[C@@H](O)[C@@H]1O.CCNC(=O)CCCCCNC(=O)CN(CC(=O)CCCO[C@H]1O[C@H](CO[C@H]2O[C@H](CO)[C@@H](O)[C@H](O)[C@@H]2O)[C@@H](O)[C@H](O[C@H]2O[C@H](CO)[C@@H](O)[C@H](O)[C@@H]2O)[C@@H]1O)CC(=O)NCCO[C@H]1O[C@H](CO[C@H]2O[C@H](CO)[C@@H](O)[C@H](O)[C@@H]2O)[C@@H](O)[C@H](O[C@H]2O[C@H](CO)[C@@H](O)[C@H](O)[C@@H]2O)[C@@H]1O. The molecule has 0 radical (unpaired) electrons. The quantitative estimate of drug-likeness (QED) is 0.0251. The Hall–Kier alpha value is -5.20. The van der Waals surface area contributed by atoms with Crippen LogP contribution in [0.3, 0.4) is 0 Å². The molecule has 8 aliphatic heterocycles. The second kappa shape index (κ2) is 64.0. The van der Waals surface area contributed by atoms with Crippen molar-refractivity contribution < 1.29 is 247 Å². The number of carbonyl (C=O) groups is 8. The van der Waals surface area contributed by atoms with Crippen LogP contribution in [0, 0.1) is 0 Å². The van der Waals surface area contributed by atoms with Crippen LogP contribution in [-0.2, 0) is 114 Å². The second-order valence-electron chi connectivity index (χ2n) is 36.6. The van der Waals surface area contributed by atoms with Crippen molar-refractivity contribution in [1.29, 1.82) is 0 Å². The molecular formula is C88H154N6O50. The summed E-state index contributed by atoms with van der Waals surface area (Å²) in [5.74, 6) is -2.66. The number of ketones is 4. The molecule has 0 saturated carbocycles. The molecule has 8 heterocycles. The summed E-state index contributed by atoms with van der Waals surface area (Å²) in [6.07, 6.45) is -60.7. The highest BCUT2D eigenvalue weighted by molar-refractivity contribution is 5.87. The van der Waals surface area contributed by atoms with Gasteiger partial charge in [0, 0.05) is 64.7 Å². The van der Waals surface area contributed by atoms with Crippen LogP contribution in [0.25, 0.3) is 0 Å². The molecule has 30 N–H and O–H groups in total. The van der Waals surface area contributed by atoms with Crippen LogP contribution in [0.15, 0.2) is 0 Å². The minimum atomic E-state index is -2.02. The molecular weight excluding hydrogens is 1940 g/mol. The van der Waals surface area contributed by atoms with E-state index in [1.54, 1.807) is 6.92 Å². The summed E-state index contributed by atoms with van der Waals surface area (Å²) in [5.41, 5.74) is 0. The van der Waals surface area contributed by atoms with Gasteiger partial charge in [0.2, 0.25) is 23.6 Å². The molecule has 0 aliphatic carbocycles. The predicted octanol–water partition coefficient (Wildman–Crippen LogP) is -15.8. The molecule has 56 nitrogen and oxygen atoms in total. The number of amides is 4. The molecule has 0 bridgehead atoms. The number of hydrogen-bond acceptors (Lipinski definition) is 52. The van der Waals surface area contributed by atoms with Crippen molar-refractivity contribution in [1.82, 2.24) is 31.1 Å². The summed E-state index contributed by atoms with van der Waals surface area (Å²) in [4.78, 5) is 105. The molecule has 0 aromatic heterocycles. The summed E-state index contributed by atoms with van der Waals surface area (Å²) in [6.45, 7) is -0.239. The third-order valence-corrected chi connectivity index (χ3v) is 25.2. The predicted molar refractivity (Wildman–Crippen MR) is 477 cm³/mol. The first-order valence-corrected chi connectivity index (χ1v) is 48.7. The van der Waals surface area contributed by atoms with Gasteiger partial charge < -0.3 is 230 Å². The number of nitrogens with one attached hydrogen (secondary N) is 4. The Morgan fingerprint density at radius 1 is 0.243 bits per heavy atom. The highest BCUT2D eigenvalue weighted by atomic mass is 16.8. The monoisotopic (exact) mass is 2090 g/mol. The Morgan fingerprint density at radius 2 is 0.507 bits per heavy atom. The average molecular weight is 2100 g/mol. The van der Waals surface area contributed by atoms with Gasteiger partial charge in [0.05, 0.1) is 118 Å². The molecule has 40 atom stereocenters. The number of nitrogens with zero attached hydrogens (tertiary/aromatic N) is 2. The fraction of sp³-hybridized carbons (Fsp3) is 0.909. The Labute approximate surface area is 829 Å². The van der Waals surface area contributed by atoms with Crippen molar-refractivity contribution in [3.05, 3.63) is 0 Å². The van der Waals surface area contributed by atoms with Crippen molar-refractivity contribution in [2.45, 2.75) is 376 Å². The maximum absolute atomic E-state index is 13.7. The Bertz CT molecular complexity index is 3550. The van der Waals surface area contributed by atoms with Gasteiger partial charge in [0.15, 0.2) is 50.3 Å². The zero-order chi connectivity index (χ0) is 106. The van der Waals surface area contributed by atoms with Gasteiger partial charge in [0.1, 0.15) is 206 Å². The molecule has 836 valence electrons. The smallest absolute Gasteiger partial charge is 0.234 e. The lowest BCUT2D eigenvalue weighted by Crippen LogP contribution is -2.65. The van der Waals surface area contributed by atoms with Gasteiger partial charge >= 0.3 is 0 Å². The fourth-order valence-corrected chi connectivity index (χ4v) is 16.7. The van der Waals surface area contributed by atoms with E-state index in [2.05, 4.69) is 21.3 Å². The van der Waals surface area contributed by atoms with Crippen molar-refractivity contribution in [2.24, 2.45) is 0 Å². The molecule has 8 aliphatic rings. The minimum Gasteiger partial charge on any atom is -0.394 e. The van der Waals surface area contributed by atoms with Crippen LogP contribution >= 0.6 is 0 Å². The molecule has 56 heteroatoms. The fourth-order valence-electron chi connectivity index (χ4n) is 16.7. The van der Waals surface area contributed by atoms with E-state index in [9.17, 15) is 171 Å². The van der Waals surface area contributed by atoms with E-state index >= 15 is 0 Å². The number of aliphatic hydroxyl groups is 26. The van der Waals surface area contributed by atoms with Gasteiger partial charge in [-0.2, -0.15) is 0 Å². The van der Waals surface area contributed by atoms with Crippen LogP contribution in [-0.4, -0.2) is 566 Å². The van der Waals surface area contributed by atoms with Crippen molar-refractivity contribution in [2.75, 3.05) is 132 Å². The number of carbonyl (C=O) groups excluding carboxylic acids is 8. The van der Waals surface area contributed by atoms with E-state index in [0.717, 1.165) is 19.3 Å². The van der Waals surface area contributed by atoms with E-state index in [-0.39, 0.29) is 126 Å². The first-order valence-electron chi connectivity index (χ1n) is 48.7. The highest BCUT2D eigenvalue weighted by Crippen LogP contribution is 2.36. The van der Waals surface area contributed by atoms with Crippen LogP contribution in [0.4, 0.5) is 0 Å². The first kappa shape index (κ1) is 126. The highest BCUT2D eigenvalue weighted by Gasteiger charge is 2.56. The van der Waals surface area contributed by atoms with Gasteiger partial charge in [-0.05, 0) is 72.6 Å². The average Bonchev–Trinajstić information content (AvgIpc) is 0.781. The molecule has 0 aromatic carbocycles. The number of Topliss-reactive ketones (excluding diaryl/α,β-unsaturated/α-hetero) is 4. The third kappa shape index (κ3) is 38.3. The van der Waals surface area contributed by atoms with Gasteiger partial charge in [-0.3, -0.25) is 48.2 Å². The zero-order valence-corrected chi connectivity index (χ0v) is 80.9. The van der Waals surface area contributed by atoms with Crippen molar-refractivity contribution >= 4 is 46.8 Å². The van der Waals surface area contributed by atoms with E-state index in [4.69, 9.17) is 75.8 Å². The van der Waals surface area contributed by atoms with Crippen molar-refractivity contribution in [3.63, 3.8) is 0 Å². The molecule has 4 amide bonds. The number of rotatable bonds is 60. The Balaban J connectivity index is 0.000000481. The molecule has 8 rings (SSSR count). The topological polar surface area (TPSA) is 865 Å². The van der Waals surface area contributed by atoms with Gasteiger partial charge in [-0.1, -0.05) is 19.3 Å². The summed E-state index contributed by atoms with van der Waals surface area (Å²) in [7, 11) is 0. The lowest BCUT2D eigenvalue weighted by molar-refractivity contribution is -0.366. The molecule has 144 heavy (non-hydrogen) atoms. The number of unbranched alkanes of at least 4 members (excludes halogenated alkanes) is 5. The van der Waals surface area contributed by atoms with E-state index in [1.165, 1.54) is 23.6 Å². The number of hydrogen-bond donors (Lipinski definition) is 30. The summed E-state index contributed by atoms with van der Waals surface area (Å²) < 4.78 is 89.0. The molecule has 0 spiro atoms. The summed E-state index contributed by atoms with van der Waals surface area (Å²) in [5, 5.41) is 280. The van der Waals surface area contributed by atoms with E-state index in [0.29, 0.717) is 45.2 Å². The van der Waals surface area contributed by atoms with Crippen LogP contribution < -0.4 is 21.3 Å². The maximum atomic E-state index is 13.7. The lowest BCUT2D eigenvalue weighted by atomic mass is 9.96. The maximum Gasteiger partial charge on any atom is 0.234 e. The first-order chi connectivity index (χ1) is 68.4. The van der Waals surface area contributed by atoms with Crippen LogP contribution in [0.2, 0.25) is 0 Å². The van der Waals surface area contributed by atoms with Crippen LogP contribution in [0.5, 0.6) is 0 Å². The largest absolute Gasteiger partial charge is 0.394 e. The number of aliphatic hydroxyl groups excluding tert-OH is 26. The van der Waals surface area contributed by atoms with E-state index in [1.807, 2.05) is 6.92 Å². The van der Waals surface area contributed by atoms with Gasteiger partial charge in [0.25, 0.3) is 0 Å². The number of ether oxygens (including phenoxy) is 16. The van der Waals surface area contributed by atoms with Crippen LogP contribution in [0.1, 0.15) is 130 Å². The minimum absolute atomic E-state index is 0.00275. The molecule has 0 unspecified atom stereocenters. The Kier molecular flexibility index (Phi) is 55.8. The molecule has 0 aromatic rings. The van der Waals surface area contributed by atoms with Crippen molar-refractivity contribution in [3.8, 4) is 0 Å². The lowest BCUT2D eigenvalue weighted by Gasteiger charge is -2.46. The van der Waals surface area contributed by atoms with E-state index < -0.39 is 336 Å².